The van der Waals surface area contributed by atoms with Crippen molar-refractivity contribution in [1.82, 2.24) is 0 Å². The third kappa shape index (κ3) is 13.2. The van der Waals surface area contributed by atoms with Crippen LogP contribution in [-0.4, -0.2) is 32.9 Å². The van der Waals surface area contributed by atoms with Gasteiger partial charge in [-0.05, 0) is 31.4 Å². The number of benzene rings is 1. The summed E-state index contributed by atoms with van der Waals surface area (Å²) in [7, 11) is 1.37. The molecule has 1 aromatic carbocycles. The molecule has 0 aliphatic heterocycles. The minimum Gasteiger partial charge on any atom is -0.493 e. The lowest BCUT2D eigenvalue weighted by molar-refractivity contribution is -0.134. The highest BCUT2D eigenvalue weighted by atomic mass is 16.5. The van der Waals surface area contributed by atoms with Gasteiger partial charge in [0, 0.05) is 17.7 Å². The van der Waals surface area contributed by atoms with Crippen LogP contribution in [0.1, 0.15) is 103 Å². The fourth-order valence-electron chi connectivity index (χ4n) is 3.40. The van der Waals surface area contributed by atoms with Crippen LogP contribution in [0.4, 0.5) is 0 Å². The molecular weight excluding hydrogens is 416 g/mol. The Labute approximate surface area is 201 Å². The molecule has 0 N–H and O–H groups in total. The van der Waals surface area contributed by atoms with E-state index in [1.807, 2.05) is 12.1 Å². The lowest BCUT2D eigenvalue weighted by Crippen LogP contribution is -2.05. The Bertz CT molecular complexity index is 668. The van der Waals surface area contributed by atoms with Crippen LogP contribution in [0, 0.1) is 0 Å². The van der Waals surface area contributed by atoms with Gasteiger partial charge >= 0.3 is 5.97 Å². The van der Waals surface area contributed by atoms with Crippen LogP contribution in [0.5, 0.6) is 17.2 Å². The summed E-state index contributed by atoms with van der Waals surface area (Å²) >= 11 is 0. The third-order valence-electron chi connectivity index (χ3n) is 5.44. The van der Waals surface area contributed by atoms with Gasteiger partial charge in [-0.15, -0.1) is 0 Å². The lowest BCUT2D eigenvalue weighted by atomic mass is 10.1. The zero-order chi connectivity index (χ0) is 24.2. The first-order valence-corrected chi connectivity index (χ1v) is 13.0. The van der Waals surface area contributed by atoms with Gasteiger partial charge in [0.1, 0.15) is 5.75 Å². The van der Waals surface area contributed by atoms with E-state index in [1.165, 1.54) is 51.7 Å². The van der Waals surface area contributed by atoms with Gasteiger partial charge in [-0.2, -0.15) is 0 Å². The fourth-order valence-corrected chi connectivity index (χ4v) is 3.40. The summed E-state index contributed by atoms with van der Waals surface area (Å²) in [4.78, 5) is 11.7. The molecule has 5 heteroatoms. The molecule has 5 nitrogen and oxygen atoms in total. The molecule has 0 aliphatic carbocycles. The van der Waals surface area contributed by atoms with E-state index in [0.717, 1.165) is 44.1 Å². The molecule has 0 atom stereocenters. The highest BCUT2D eigenvalue weighted by Gasteiger charge is 2.13. The first kappa shape index (κ1) is 28.9. The maximum Gasteiger partial charge on any atom is 0.330 e. The maximum atomic E-state index is 11.7. The first-order valence-electron chi connectivity index (χ1n) is 13.0. The summed E-state index contributed by atoms with van der Waals surface area (Å²) in [5.74, 6) is 1.71. The van der Waals surface area contributed by atoms with Crippen molar-refractivity contribution < 1.29 is 23.7 Å². The standard InChI is InChI=1S/C28H46O5/c1-5-8-11-14-19-31-25-23-27(33-21-16-13-10-7-3)26(32-20-15-12-9-6-2)22-24(25)17-18-28(29)30-4/h17-18,22-23H,5-16,19-21H2,1-4H3. The van der Waals surface area contributed by atoms with Crippen molar-refractivity contribution in [1.29, 1.82) is 0 Å². The van der Waals surface area contributed by atoms with Crippen LogP contribution in [-0.2, 0) is 9.53 Å². The molecule has 0 radical (unpaired) electrons. The van der Waals surface area contributed by atoms with Crippen LogP contribution in [0.15, 0.2) is 18.2 Å². The van der Waals surface area contributed by atoms with Crippen molar-refractivity contribution in [3.63, 3.8) is 0 Å². The molecule has 0 saturated carbocycles. The van der Waals surface area contributed by atoms with Crippen LogP contribution in [0.25, 0.3) is 6.08 Å². The summed E-state index contributed by atoms with van der Waals surface area (Å²) in [6.07, 6.45) is 16.8. The molecule has 0 heterocycles. The van der Waals surface area contributed by atoms with E-state index in [4.69, 9.17) is 18.9 Å². The molecule has 0 fully saturated rings. The highest BCUT2D eigenvalue weighted by molar-refractivity contribution is 5.87. The smallest absolute Gasteiger partial charge is 0.330 e. The van der Waals surface area contributed by atoms with Gasteiger partial charge in [0.15, 0.2) is 11.5 Å². The molecule has 33 heavy (non-hydrogen) atoms. The molecule has 0 saturated heterocycles. The molecule has 0 aliphatic rings. The Balaban J connectivity index is 3.02. The number of esters is 1. The Morgan fingerprint density at radius 3 is 1.58 bits per heavy atom. The zero-order valence-electron chi connectivity index (χ0n) is 21.5. The number of carbonyl (C=O) groups excluding carboxylic acids is 1. The Hall–Kier alpha value is -2.17. The minimum atomic E-state index is -0.401. The normalized spacial score (nSPS) is 11.0. The molecule has 1 rings (SSSR count). The summed E-state index contributed by atoms with van der Waals surface area (Å²) in [6, 6.07) is 3.83. The van der Waals surface area contributed by atoms with Crippen molar-refractivity contribution in [2.24, 2.45) is 0 Å². The van der Waals surface area contributed by atoms with Crippen molar-refractivity contribution in [3.8, 4) is 17.2 Å². The second-order valence-corrected chi connectivity index (χ2v) is 8.42. The van der Waals surface area contributed by atoms with Crippen LogP contribution < -0.4 is 14.2 Å². The summed E-state index contributed by atoms with van der Waals surface area (Å²) in [5.41, 5.74) is 0.790. The topological polar surface area (TPSA) is 54.0 Å². The van der Waals surface area contributed by atoms with Gasteiger partial charge in [0.2, 0.25) is 0 Å². The summed E-state index contributed by atoms with van der Waals surface area (Å²) in [5, 5.41) is 0. The second kappa shape index (κ2) is 19.3. The molecule has 188 valence electrons. The predicted molar refractivity (Wildman–Crippen MR) is 136 cm³/mol. The molecule has 0 aromatic heterocycles. The van der Waals surface area contributed by atoms with Crippen LogP contribution >= 0.6 is 0 Å². The van der Waals surface area contributed by atoms with E-state index in [0.29, 0.717) is 37.1 Å². The van der Waals surface area contributed by atoms with Gasteiger partial charge in [0.25, 0.3) is 0 Å². The number of unbranched alkanes of at least 4 members (excludes halogenated alkanes) is 9. The minimum absolute atomic E-state index is 0.401. The van der Waals surface area contributed by atoms with Crippen molar-refractivity contribution in [3.05, 3.63) is 23.8 Å². The number of carbonyl (C=O) groups is 1. The summed E-state index contributed by atoms with van der Waals surface area (Å²) in [6.45, 7) is 8.53. The van der Waals surface area contributed by atoms with E-state index in [9.17, 15) is 4.79 Å². The lowest BCUT2D eigenvalue weighted by Gasteiger charge is -2.17. The van der Waals surface area contributed by atoms with E-state index in [-0.39, 0.29) is 0 Å². The predicted octanol–water partition coefficient (Wildman–Crippen LogP) is 7.75. The van der Waals surface area contributed by atoms with E-state index in [1.54, 1.807) is 6.08 Å². The fraction of sp³-hybridized carbons (Fsp3) is 0.679. The van der Waals surface area contributed by atoms with Crippen molar-refractivity contribution in [2.45, 2.75) is 97.8 Å². The van der Waals surface area contributed by atoms with E-state index < -0.39 is 5.97 Å². The number of hydrogen-bond acceptors (Lipinski definition) is 5. The quantitative estimate of drug-likeness (QED) is 0.113. The number of methoxy groups -OCH3 is 1. The average molecular weight is 463 g/mol. The number of rotatable bonds is 20. The molecule has 0 unspecified atom stereocenters. The van der Waals surface area contributed by atoms with Crippen LogP contribution in [0.2, 0.25) is 0 Å². The van der Waals surface area contributed by atoms with Gasteiger partial charge < -0.3 is 18.9 Å². The van der Waals surface area contributed by atoms with E-state index in [2.05, 4.69) is 20.8 Å². The molecule has 1 aromatic rings. The summed E-state index contributed by atoms with van der Waals surface area (Å²) < 4.78 is 23.1. The number of hydrogen-bond donors (Lipinski definition) is 0. The largest absolute Gasteiger partial charge is 0.493 e. The Morgan fingerprint density at radius 1 is 0.667 bits per heavy atom. The average Bonchev–Trinajstić information content (AvgIpc) is 2.83. The third-order valence-corrected chi connectivity index (χ3v) is 5.44. The molecule has 0 bridgehead atoms. The monoisotopic (exact) mass is 462 g/mol. The SMILES string of the molecule is CCCCCCOc1cc(OCCCCCC)c(OCCCCCC)cc1C=CC(=O)OC. The highest BCUT2D eigenvalue weighted by Crippen LogP contribution is 2.36. The van der Waals surface area contributed by atoms with Crippen LogP contribution in [0.3, 0.4) is 0 Å². The van der Waals surface area contributed by atoms with Gasteiger partial charge in [-0.3, -0.25) is 0 Å². The molecule has 0 spiro atoms. The Morgan fingerprint density at radius 2 is 1.12 bits per heavy atom. The van der Waals surface area contributed by atoms with E-state index >= 15 is 0 Å². The Kier molecular flexibility index (Phi) is 16.9. The molecular formula is C28H46O5. The zero-order valence-corrected chi connectivity index (χ0v) is 21.5. The van der Waals surface area contributed by atoms with Gasteiger partial charge in [-0.1, -0.05) is 78.6 Å². The van der Waals surface area contributed by atoms with Gasteiger partial charge in [0.05, 0.1) is 26.9 Å². The maximum absolute atomic E-state index is 11.7. The van der Waals surface area contributed by atoms with Crippen molar-refractivity contribution in [2.75, 3.05) is 26.9 Å². The van der Waals surface area contributed by atoms with Crippen molar-refractivity contribution >= 4 is 12.0 Å². The van der Waals surface area contributed by atoms with Gasteiger partial charge in [-0.25, -0.2) is 4.79 Å². The second-order valence-electron chi connectivity index (χ2n) is 8.42. The number of ether oxygens (including phenoxy) is 4. The first-order chi connectivity index (χ1) is 16.2. The molecule has 0 amide bonds.